The molecule has 0 fully saturated rings. The molecule has 0 aliphatic rings. The predicted molar refractivity (Wildman–Crippen MR) is 68.9 cm³/mol. The number of nitro groups is 1. The van der Waals surface area contributed by atoms with Crippen LogP contribution in [-0.2, 0) is 17.9 Å². The molecule has 0 spiro atoms. The summed E-state index contributed by atoms with van der Waals surface area (Å²) in [6.07, 6.45) is 4.13. The van der Waals surface area contributed by atoms with Crippen LogP contribution in [0.4, 0.5) is 5.69 Å². The fourth-order valence-corrected chi connectivity index (χ4v) is 1.64. The fraction of sp³-hybridized carbons (Fsp3) is 0.364. The van der Waals surface area contributed by atoms with Crippen molar-refractivity contribution >= 4 is 11.6 Å². The van der Waals surface area contributed by atoms with Crippen molar-refractivity contribution in [2.45, 2.75) is 20.0 Å². The van der Waals surface area contributed by atoms with Crippen LogP contribution in [0, 0.1) is 17.0 Å². The van der Waals surface area contributed by atoms with Crippen molar-refractivity contribution in [1.29, 1.82) is 0 Å². The van der Waals surface area contributed by atoms with Crippen LogP contribution >= 0.6 is 0 Å². The zero-order valence-corrected chi connectivity index (χ0v) is 10.9. The first kappa shape index (κ1) is 13.7. The molecule has 9 heteroatoms. The van der Waals surface area contributed by atoms with Gasteiger partial charge in [0.05, 0.1) is 11.5 Å². The van der Waals surface area contributed by atoms with Crippen molar-refractivity contribution in [2.75, 3.05) is 6.54 Å². The van der Waals surface area contributed by atoms with Gasteiger partial charge in [0.15, 0.2) is 0 Å². The third-order valence-electron chi connectivity index (χ3n) is 2.72. The number of nitrogens with one attached hydrogen (secondary N) is 1. The van der Waals surface area contributed by atoms with Gasteiger partial charge in [-0.25, -0.2) is 0 Å². The molecule has 0 aliphatic heterocycles. The smallest absolute Gasteiger partial charge is 0.306 e. The van der Waals surface area contributed by atoms with Crippen LogP contribution in [0.1, 0.15) is 5.69 Å². The Kier molecular flexibility index (Phi) is 4.08. The zero-order chi connectivity index (χ0) is 14.5. The zero-order valence-electron chi connectivity index (χ0n) is 10.9. The minimum absolute atomic E-state index is 0.0662. The highest BCUT2D eigenvalue weighted by molar-refractivity contribution is 5.75. The maximum atomic E-state index is 11.7. The maximum absolute atomic E-state index is 11.7. The van der Waals surface area contributed by atoms with E-state index in [0.717, 1.165) is 5.69 Å². The van der Waals surface area contributed by atoms with Gasteiger partial charge in [-0.05, 0) is 13.0 Å². The second-order valence-electron chi connectivity index (χ2n) is 4.20. The summed E-state index contributed by atoms with van der Waals surface area (Å²) in [5.74, 6) is -0.168. The summed E-state index contributed by atoms with van der Waals surface area (Å²) in [5.41, 5.74) is 0.839. The number of hydrogen-bond donors (Lipinski definition) is 1. The SMILES string of the molecule is Cc1ccnn1CC(=O)NCCn1cc([N+](=O)[O-])cn1. The third-order valence-corrected chi connectivity index (χ3v) is 2.72. The molecule has 1 amide bonds. The van der Waals surface area contributed by atoms with Crippen LogP contribution in [0.25, 0.3) is 0 Å². The first-order chi connectivity index (χ1) is 9.56. The minimum Gasteiger partial charge on any atom is -0.353 e. The predicted octanol–water partition coefficient (Wildman–Crippen LogP) is 0.113. The van der Waals surface area contributed by atoms with Crippen molar-refractivity contribution in [3.8, 4) is 0 Å². The molecule has 9 nitrogen and oxygen atoms in total. The Morgan fingerprint density at radius 3 is 2.90 bits per heavy atom. The van der Waals surface area contributed by atoms with Gasteiger partial charge in [0.1, 0.15) is 18.9 Å². The molecule has 0 aromatic carbocycles. The average Bonchev–Trinajstić information content (AvgIpc) is 3.00. The number of carbonyl (C=O) groups excluding carboxylic acids is 1. The van der Waals surface area contributed by atoms with E-state index in [1.54, 1.807) is 10.9 Å². The van der Waals surface area contributed by atoms with Crippen LogP contribution in [0.15, 0.2) is 24.7 Å². The minimum atomic E-state index is -0.511. The van der Waals surface area contributed by atoms with E-state index in [-0.39, 0.29) is 18.1 Å². The fourth-order valence-electron chi connectivity index (χ4n) is 1.64. The number of carbonyl (C=O) groups is 1. The molecule has 106 valence electrons. The number of amides is 1. The quantitative estimate of drug-likeness (QED) is 0.596. The van der Waals surface area contributed by atoms with Gasteiger partial charge in [-0.15, -0.1) is 0 Å². The lowest BCUT2D eigenvalue weighted by Gasteiger charge is -2.06. The van der Waals surface area contributed by atoms with Gasteiger partial charge in [-0.1, -0.05) is 0 Å². The standard InChI is InChI=1S/C11H14N6O3/c1-9-2-3-13-16(9)8-11(18)12-4-5-15-7-10(6-14-15)17(19)20/h2-3,6-7H,4-5,8H2,1H3,(H,12,18). The molecule has 0 aliphatic carbocycles. The monoisotopic (exact) mass is 278 g/mol. The number of aryl methyl sites for hydroxylation is 1. The molecule has 0 unspecified atom stereocenters. The molecule has 0 atom stereocenters. The van der Waals surface area contributed by atoms with Crippen molar-refractivity contribution in [2.24, 2.45) is 0 Å². The van der Waals surface area contributed by atoms with Gasteiger partial charge in [0.25, 0.3) is 0 Å². The largest absolute Gasteiger partial charge is 0.353 e. The topological polar surface area (TPSA) is 108 Å². The van der Waals surface area contributed by atoms with Crippen molar-refractivity contribution < 1.29 is 9.72 Å². The summed E-state index contributed by atoms with van der Waals surface area (Å²) in [5, 5.41) is 21.0. The first-order valence-corrected chi connectivity index (χ1v) is 5.98. The average molecular weight is 278 g/mol. The Bertz CT molecular complexity index is 617. The second kappa shape index (κ2) is 5.95. The lowest BCUT2D eigenvalue weighted by Crippen LogP contribution is -2.31. The molecule has 2 aromatic rings. The van der Waals surface area contributed by atoms with Gasteiger partial charge < -0.3 is 5.32 Å². The highest BCUT2D eigenvalue weighted by atomic mass is 16.6. The van der Waals surface area contributed by atoms with Gasteiger partial charge >= 0.3 is 5.69 Å². The van der Waals surface area contributed by atoms with E-state index < -0.39 is 4.92 Å². The summed E-state index contributed by atoms with van der Waals surface area (Å²) in [6.45, 7) is 2.73. The van der Waals surface area contributed by atoms with Crippen molar-refractivity contribution in [3.63, 3.8) is 0 Å². The summed E-state index contributed by atoms with van der Waals surface area (Å²) >= 11 is 0. The summed E-state index contributed by atoms with van der Waals surface area (Å²) in [4.78, 5) is 21.6. The normalized spacial score (nSPS) is 10.4. The van der Waals surface area contributed by atoms with E-state index in [2.05, 4.69) is 15.5 Å². The number of nitrogens with zero attached hydrogens (tertiary/aromatic N) is 5. The van der Waals surface area contributed by atoms with Gasteiger partial charge in [0.2, 0.25) is 5.91 Å². The summed E-state index contributed by atoms with van der Waals surface area (Å²) < 4.78 is 3.01. The van der Waals surface area contributed by atoms with E-state index >= 15 is 0 Å². The summed E-state index contributed by atoms with van der Waals surface area (Å²) in [7, 11) is 0. The molecule has 20 heavy (non-hydrogen) atoms. The molecule has 2 rings (SSSR count). The third kappa shape index (κ3) is 3.40. The van der Waals surface area contributed by atoms with E-state index in [4.69, 9.17) is 0 Å². The molecule has 2 aromatic heterocycles. The number of rotatable bonds is 6. The van der Waals surface area contributed by atoms with Gasteiger partial charge in [0, 0.05) is 18.4 Å². The van der Waals surface area contributed by atoms with Crippen LogP contribution < -0.4 is 5.32 Å². The summed E-state index contributed by atoms with van der Waals surface area (Å²) in [6, 6.07) is 1.82. The molecular weight excluding hydrogens is 264 g/mol. The molecule has 0 bridgehead atoms. The van der Waals surface area contributed by atoms with E-state index in [0.29, 0.717) is 13.1 Å². The van der Waals surface area contributed by atoms with Gasteiger partial charge in [-0.2, -0.15) is 10.2 Å². The maximum Gasteiger partial charge on any atom is 0.306 e. The molecule has 1 N–H and O–H groups in total. The lowest BCUT2D eigenvalue weighted by molar-refractivity contribution is -0.385. The Morgan fingerprint density at radius 2 is 2.30 bits per heavy atom. The van der Waals surface area contributed by atoms with E-state index in [9.17, 15) is 14.9 Å². The van der Waals surface area contributed by atoms with Crippen LogP contribution in [0.3, 0.4) is 0 Å². The second-order valence-corrected chi connectivity index (χ2v) is 4.20. The van der Waals surface area contributed by atoms with Crippen molar-refractivity contribution in [1.82, 2.24) is 24.9 Å². The Morgan fingerprint density at radius 1 is 1.50 bits per heavy atom. The number of aromatic nitrogens is 4. The highest BCUT2D eigenvalue weighted by Crippen LogP contribution is 2.06. The van der Waals surface area contributed by atoms with E-state index in [1.165, 1.54) is 17.1 Å². The van der Waals surface area contributed by atoms with Crippen LogP contribution in [0.2, 0.25) is 0 Å². The highest BCUT2D eigenvalue weighted by Gasteiger charge is 2.09. The molecular formula is C11H14N6O3. The Hall–Kier alpha value is -2.71. The molecule has 2 heterocycles. The molecule has 0 radical (unpaired) electrons. The van der Waals surface area contributed by atoms with E-state index in [1.807, 2.05) is 13.0 Å². The molecule has 0 saturated carbocycles. The van der Waals surface area contributed by atoms with Gasteiger partial charge in [-0.3, -0.25) is 24.3 Å². The van der Waals surface area contributed by atoms with Crippen LogP contribution in [0.5, 0.6) is 0 Å². The Balaban J connectivity index is 1.76. The lowest BCUT2D eigenvalue weighted by atomic mass is 10.4. The molecule has 0 saturated heterocycles. The van der Waals surface area contributed by atoms with Crippen molar-refractivity contribution in [3.05, 3.63) is 40.5 Å². The Labute approximate surface area is 114 Å². The van der Waals surface area contributed by atoms with Crippen LogP contribution in [-0.4, -0.2) is 36.9 Å². The number of hydrogen-bond acceptors (Lipinski definition) is 5. The first-order valence-electron chi connectivity index (χ1n) is 5.98.